The third-order valence-electron chi connectivity index (χ3n) is 3.55. The lowest BCUT2D eigenvalue weighted by molar-refractivity contribution is 1.16. The Morgan fingerprint density at radius 3 is 2.60 bits per heavy atom. The molecule has 3 aromatic rings. The van der Waals surface area contributed by atoms with E-state index in [-0.39, 0.29) is 4.83 Å². The molecule has 0 fully saturated rings. The summed E-state index contributed by atoms with van der Waals surface area (Å²) in [6.07, 6.45) is 0. The lowest BCUT2D eigenvalue weighted by atomic mass is 9.98. The van der Waals surface area contributed by atoms with Gasteiger partial charge in [-0.05, 0) is 63.3 Å². The van der Waals surface area contributed by atoms with Crippen LogP contribution in [-0.2, 0) is 0 Å². The van der Waals surface area contributed by atoms with Gasteiger partial charge in [0.15, 0.2) is 0 Å². The van der Waals surface area contributed by atoms with Crippen molar-refractivity contribution in [3.8, 4) is 0 Å². The van der Waals surface area contributed by atoms with Crippen LogP contribution in [0.15, 0.2) is 46.3 Å². The minimum atomic E-state index is 0.242. The summed E-state index contributed by atoms with van der Waals surface area (Å²) in [6.45, 7) is 4.32. The van der Waals surface area contributed by atoms with Gasteiger partial charge in [0, 0.05) is 9.17 Å². The molecule has 0 bridgehead atoms. The lowest BCUT2D eigenvalue weighted by Crippen LogP contribution is -1.95. The van der Waals surface area contributed by atoms with Crippen LogP contribution in [0.25, 0.3) is 10.1 Å². The second-order valence-corrected chi connectivity index (χ2v) is 7.68. The molecule has 1 heterocycles. The largest absolute Gasteiger partial charge is 0.142 e. The van der Waals surface area contributed by atoms with Crippen molar-refractivity contribution in [3.05, 3.63) is 68.5 Å². The van der Waals surface area contributed by atoms with E-state index >= 15 is 0 Å². The highest BCUT2D eigenvalue weighted by Gasteiger charge is 2.17. The number of hydrogen-bond donors (Lipinski definition) is 0. The molecule has 0 aliphatic carbocycles. The van der Waals surface area contributed by atoms with Crippen molar-refractivity contribution in [1.29, 1.82) is 0 Å². The Morgan fingerprint density at radius 2 is 1.85 bits per heavy atom. The number of aryl methyl sites for hydroxylation is 2. The molecule has 0 N–H and O–H groups in total. The molecule has 0 aliphatic rings. The van der Waals surface area contributed by atoms with Gasteiger partial charge in [0.05, 0.1) is 4.83 Å². The second kappa shape index (κ2) is 5.63. The number of fused-ring (bicyclic) bond motifs is 1. The number of rotatable bonds is 2. The summed E-state index contributed by atoms with van der Waals surface area (Å²) in [5.74, 6) is 0. The maximum atomic E-state index is 3.89. The molecule has 1 aromatic heterocycles. The SMILES string of the molecule is Cc1ccc(C(Br)c2csc3c(Br)cccc23)c(C)c1. The summed E-state index contributed by atoms with van der Waals surface area (Å²) in [5.41, 5.74) is 5.33. The Labute approximate surface area is 140 Å². The molecule has 0 saturated heterocycles. The fraction of sp³-hybridized carbons (Fsp3) is 0.176. The normalized spacial score (nSPS) is 12.8. The van der Waals surface area contributed by atoms with Crippen LogP contribution in [0.1, 0.15) is 27.1 Å². The van der Waals surface area contributed by atoms with Crippen molar-refractivity contribution >= 4 is 53.3 Å². The second-order valence-electron chi connectivity index (χ2n) is 5.03. The Kier molecular flexibility index (Phi) is 4.02. The summed E-state index contributed by atoms with van der Waals surface area (Å²) in [7, 11) is 0. The molecule has 0 spiro atoms. The summed E-state index contributed by atoms with van der Waals surface area (Å²) < 4.78 is 2.49. The smallest absolute Gasteiger partial charge is 0.0661 e. The van der Waals surface area contributed by atoms with Gasteiger partial charge in [-0.25, -0.2) is 0 Å². The quantitative estimate of drug-likeness (QED) is 0.410. The van der Waals surface area contributed by atoms with E-state index in [0.717, 1.165) is 0 Å². The molecule has 1 atom stereocenters. The van der Waals surface area contributed by atoms with Crippen LogP contribution in [0.3, 0.4) is 0 Å². The van der Waals surface area contributed by atoms with Gasteiger partial charge in [-0.2, -0.15) is 0 Å². The number of hydrogen-bond acceptors (Lipinski definition) is 1. The molecule has 0 aliphatic heterocycles. The van der Waals surface area contributed by atoms with Crippen molar-refractivity contribution in [2.45, 2.75) is 18.7 Å². The van der Waals surface area contributed by atoms with E-state index in [2.05, 4.69) is 87.5 Å². The molecular formula is C17H14Br2S. The van der Waals surface area contributed by atoms with Crippen LogP contribution < -0.4 is 0 Å². The third-order valence-corrected chi connectivity index (χ3v) is 6.51. The van der Waals surface area contributed by atoms with E-state index in [4.69, 9.17) is 0 Å². The molecule has 0 nitrogen and oxygen atoms in total. The number of alkyl halides is 1. The van der Waals surface area contributed by atoms with E-state index in [1.165, 1.54) is 36.8 Å². The van der Waals surface area contributed by atoms with Crippen molar-refractivity contribution in [2.24, 2.45) is 0 Å². The fourth-order valence-electron chi connectivity index (χ4n) is 2.52. The molecular weight excluding hydrogens is 396 g/mol. The minimum Gasteiger partial charge on any atom is -0.142 e. The zero-order valence-corrected chi connectivity index (χ0v) is 15.3. The average molecular weight is 410 g/mol. The maximum Gasteiger partial charge on any atom is 0.0661 e. The zero-order valence-electron chi connectivity index (χ0n) is 11.3. The topological polar surface area (TPSA) is 0 Å². The number of halogens is 2. The van der Waals surface area contributed by atoms with E-state index in [1.54, 1.807) is 11.3 Å². The molecule has 0 saturated carbocycles. The van der Waals surface area contributed by atoms with Crippen LogP contribution in [0, 0.1) is 13.8 Å². The molecule has 3 rings (SSSR count). The predicted octanol–water partition coefficient (Wildman–Crippen LogP) is 6.76. The van der Waals surface area contributed by atoms with Crippen LogP contribution in [0.5, 0.6) is 0 Å². The lowest BCUT2D eigenvalue weighted by Gasteiger charge is -2.13. The molecule has 0 amide bonds. The average Bonchev–Trinajstić information content (AvgIpc) is 2.83. The summed E-state index contributed by atoms with van der Waals surface area (Å²) >= 11 is 9.32. The van der Waals surface area contributed by atoms with Gasteiger partial charge in [0.1, 0.15) is 0 Å². The zero-order chi connectivity index (χ0) is 14.3. The van der Waals surface area contributed by atoms with Crippen molar-refractivity contribution in [1.82, 2.24) is 0 Å². The van der Waals surface area contributed by atoms with Crippen molar-refractivity contribution in [2.75, 3.05) is 0 Å². The van der Waals surface area contributed by atoms with E-state index in [0.29, 0.717) is 0 Å². The Balaban J connectivity index is 2.13. The Morgan fingerprint density at radius 1 is 1.05 bits per heavy atom. The minimum absolute atomic E-state index is 0.242. The standard InChI is InChI=1S/C17H14Br2S/c1-10-6-7-12(11(2)8-10)16(19)14-9-20-17-13(14)4-3-5-15(17)18/h3-9,16H,1-2H3. The van der Waals surface area contributed by atoms with E-state index in [1.807, 2.05) is 0 Å². The molecule has 2 aromatic carbocycles. The van der Waals surface area contributed by atoms with Gasteiger partial charge in [-0.3, -0.25) is 0 Å². The number of thiophene rings is 1. The van der Waals surface area contributed by atoms with Crippen LogP contribution >= 0.6 is 43.2 Å². The fourth-order valence-corrected chi connectivity index (χ4v) is 5.23. The summed E-state index contributed by atoms with van der Waals surface area (Å²) in [5, 5.41) is 3.58. The van der Waals surface area contributed by atoms with E-state index < -0.39 is 0 Å². The van der Waals surface area contributed by atoms with Gasteiger partial charge in [0.25, 0.3) is 0 Å². The first-order chi connectivity index (χ1) is 9.58. The Hall–Kier alpha value is -0.640. The first kappa shape index (κ1) is 14.3. The predicted molar refractivity (Wildman–Crippen MR) is 96.2 cm³/mol. The highest BCUT2D eigenvalue weighted by molar-refractivity contribution is 9.10. The monoisotopic (exact) mass is 408 g/mol. The Bertz CT molecular complexity index is 774. The molecule has 1 unspecified atom stereocenters. The van der Waals surface area contributed by atoms with Gasteiger partial charge < -0.3 is 0 Å². The van der Waals surface area contributed by atoms with Gasteiger partial charge >= 0.3 is 0 Å². The first-order valence-electron chi connectivity index (χ1n) is 6.45. The summed E-state index contributed by atoms with van der Waals surface area (Å²) in [4.78, 5) is 0.242. The van der Waals surface area contributed by atoms with Crippen LogP contribution in [0.2, 0.25) is 0 Å². The van der Waals surface area contributed by atoms with E-state index in [9.17, 15) is 0 Å². The van der Waals surface area contributed by atoms with Crippen molar-refractivity contribution in [3.63, 3.8) is 0 Å². The third kappa shape index (κ3) is 2.47. The first-order valence-corrected chi connectivity index (χ1v) is 9.03. The van der Waals surface area contributed by atoms with Gasteiger partial charge in [-0.1, -0.05) is 51.8 Å². The van der Waals surface area contributed by atoms with Gasteiger partial charge in [0.2, 0.25) is 0 Å². The number of benzene rings is 2. The molecule has 3 heteroatoms. The van der Waals surface area contributed by atoms with Crippen molar-refractivity contribution < 1.29 is 0 Å². The van der Waals surface area contributed by atoms with Crippen LogP contribution in [-0.4, -0.2) is 0 Å². The maximum absolute atomic E-state index is 3.89. The molecule has 20 heavy (non-hydrogen) atoms. The van der Waals surface area contributed by atoms with Crippen LogP contribution in [0.4, 0.5) is 0 Å². The molecule has 0 radical (unpaired) electrons. The summed E-state index contributed by atoms with van der Waals surface area (Å²) in [6, 6.07) is 13.1. The highest BCUT2D eigenvalue weighted by Crippen LogP contribution is 2.41. The molecule has 102 valence electrons. The van der Waals surface area contributed by atoms with Gasteiger partial charge in [-0.15, -0.1) is 11.3 Å². The highest BCUT2D eigenvalue weighted by atomic mass is 79.9.